The number of nitrogens with zero attached hydrogens (tertiary/aromatic N) is 5. The highest BCUT2D eigenvalue weighted by Crippen LogP contribution is 2.34. The van der Waals surface area contributed by atoms with Crippen molar-refractivity contribution in [3.8, 4) is 23.1 Å². The second-order valence-electron chi connectivity index (χ2n) is 9.42. The molecule has 0 aliphatic rings. The van der Waals surface area contributed by atoms with Gasteiger partial charge < -0.3 is 19.6 Å². The molecule has 0 saturated heterocycles. The van der Waals surface area contributed by atoms with Crippen LogP contribution in [0.2, 0.25) is 5.02 Å². The van der Waals surface area contributed by atoms with E-state index in [1.54, 1.807) is 36.0 Å². The van der Waals surface area contributed by atoms with Crippen molar-refractivity contribution in [1.29, 1.82) is 5.26 Å². The number of halogens is 1. The first kappa shape index (κ1) is 26.7. The van der Waals surface area contributed by atoms with Crippen LogP contribution in [0.1, 0.15) is 38.7 Å². The van der Waals surface area contributed by atoms with Gasteiger partial charge in [-0.15, -0.1) is 0 Å². The van der Waals surface area contributed by atoms with Crippen molar-refractivity contribution in [2.24, 2.45) is 12.8 Å². The maximum Gasteiger partial charge on any atom is 0.268 e. The van der Waals surface area contributed by atoms with Gasteiger partial charge in [0, 0.05) is 46.8 Å². The van der Waals surface area contributed by atoms with Crippen LogP contribution in [0.5, 0.6) is 5.75 Å². The zero-order valence-corrected chi connectivity index (χ0v) is 22.9. The molecule has 0 aliphatic heterocycles. The van der Waals surface area contributed by atoms with E-state index in [0.29, 0.717) is 38.9 Å². The van der Waals surface area contributed by atoms with Crippen LogP contribution in [-0.2, 0) is 20.2 Å². The van der Waals surface area contributed by atoms with Crippen molar-refractivity contribution in [2.45, 2.75) is 27.0 Å². The minimum Gasteiger partial charge on any atom is -0.486 e. The number of fused-ring (bicyclic) bond motifs is 1. The smallest absolute Gasteiger partial charge is 0.268 e. The summed E-state index contributed by atoms with van der Waals surface area (Å²) in [7, 11) is 1.79. The van der Waals surface area contributed by atoms with Crippen LogP contribution in [0, 0.1) is 25.2 Å². The third-order valence-corrected chi connectivity index (χ3v) is 7.03. The van der Waals surface area contributed by atoms with Crippen LogP contribution in [0.25, 0.3) is 22.2 Å². The number of nitrogens with two attached hydrogens (primary N) is 1. The standard InChI is InChI=1S/C30H25ClN6O3/c1-17-12-21(25-9-10-26(29(33)38)36(25)3)20-7-4-8-27(28(20)35-17)40-16-22-23(31)13-18(2)34-24(22)15-37-11-5-6-19(14-32)30(37)39/h4-13H,15-16H2,1-3H3,(H2,33,38). The molecule has 0 radical (unpaired) electrons. The average Bonchev–Trinajstić information content (AvgIpc) is 3.30. The number of benzene rings is 1. The van der Waals surface area contributed by atoms with E-state index in [1.807, 2.05) is 50.2 Å². The van der Waals surface area contributed by atoms with Crippen molar-refractivity contribution >= 4 is 28.4 Å². The molecule has 1 amide bonds. The first-order valence-corrected chi connectivity index (χ1v) is 12.8. The van der Waals surface area contributed by atoms with E-state index >= 15 is 0 Å². The van der Waals surface area contributed by atoms with E-state index in [4.69, 9.17) is 27.1 Å². The Balaban J connectivity index is 1.54. The van der Waals surface area contributed by atoms with Gasteiger partial charge in [0.25, 0.3) is 11.5 Å². The molecule has 4 aromatic heterocycles. The maximum absolute atomic E-state index is 12.7. The first-order chi connectivity index (χ1) is 19.2. The molecule has 1 aromatic carbocycles. The van der Waals surface area contributed by atoms with Gasteiger partial charge >= 0.3 is 0 Å². The van der Waals surface area contributed by atoms with Crippen LogP contribution >= 0.6 is 11.6 Å². The van der Waals surface area contributed by atoms with Crippen LogP contribution < -0.4 is 16.0 Å². The van der Waals surface area contributed by atoms with Gasteiger partial charge in [-0.1, -0.05) is 23.7 Å². The zero-order valence-electron chi connectivity index (χ0n) is 22.1. The number of hydrogen-bond acceptors (Lipinski definition) is 6. The third-order valence-electron chi connectivity index (χ3n) is 6.70. The van der Waals surface area contributed by atoms with Crippen LogP contribution in [0.4, 0.5) is 0 Å². The fourth-order valence-electron chi connectivity index (χ4n) is 4.77. The molecule has 5 aromatic rings. The lowest BCUT2D eigenvalue weighted by Crippen LogP contribution is -2.23. The number of rotatable bonds is 7. The van der Waals surface area contributed by atoms with Crippen molar-refractivity contribution in [2.75, 3.05) is 0 Å². The fraction of sp³-hybridized carbons (Fsp3) is 0.167. The number of aryl methyl sites for hydroxylation is 2. The van der Waals surface area contributed by atoms with Gasteiger partial charge in [0.05, 0.1) is 17.3 Å². The van der Waals surface area contributed by atoms with Crippen LogP contribution in [0.3, 0.4) is 0 Å². The Hall–Kier alpha value is -4.94. The van der Waals surface area contributed by atoms with E-state index < -0.39 is 11.5 Å². The number of pyridine rings is 3. The number of ether oxygens (including phenoxy) is 1. The number of hydrogen-bond donors (Lipinski definition) is 1. The SMILES string of the molecule is Cc1cc(Cl)c(COc2cccc3c(-c4ccc(C(N)=O)n4C)cc(C)nc23)c(Cn2cccc(C#N)c2=O)n1. The summed E-state index contributed by atoms with van der Waals surface area (Å²) in [6.07, 6.45) is 1.61. The van der Waals surface area contributed by atoms with Gasteiger partial charge in [-0.25, -0.2) is 4.98 Å². The van der Waals surface area contributed by atoms with Crippen molar-refractivity contribution in [3.05, 3.63) is 110 Å². The van der Waals surface area contributed by atoms with Gasteiger partial charge in [0.15, 0.2) is 0 Å². The number of nitriles is 1. The average molecular weight is 553 g/mol. The Bertz CT molecular complexity index is 1900. The molecule has 9 nitrogen and oxygen atoms in total. The van der Waals surface area contributed by atoms with E-state index in [1.165, 1.54) is 10.6 Å². The largest absolute Gasteiger partial charge is 0.486 e. The Morgan fingerprint density at radius 3 is 2.60 bits per heavy atom. The van der Waals surface area contributed by atoms with Gasteiger partial charge in [-0.2, -0.15) is 5.26 Å². The number of carbonyl (C=O) groups is 1. The van der Waals surface area contributed by atoms with Crippen molar-refractivity contribution in [1.82, 2.24) is 19.1 Å². The summed E-state index contributed by atoms with van der Waals surface area (Å²) in [5, 5.41) is 10.6. The van der Waals surface area contributed by atoms with E-state index in [0.717, 1.165) is 22.3 Å². The van der Waals surface area contributed by atoms with Gasteiger partial charge in [0.1, 0.15) is 35.2 Å². The minimum absolute atomic E-state index is 0.0493. The number of aromatic nitrogens is 4. The van der Waals surface area contributed by atoms with E-state index in [9.17, 15) is 14.9 Å². The Kier molecular flexibility index (Phi) is 7.11. The molecular weight excluding hydrogens is 528 g/mol. The monoisotopic (exact) mass is 552 g/mol. The zero-order chi connectivity index (χ0) is 28.6. The van der Waals surface area contributed by atoms with Crippen LogP contribution in [0.15, 0.2) is 65.6 Å². The second-order valence-corrected chi connectivity index (χ2v) is 9.82. The minimum atomic E-state index is -0.506. The number of para-hydroxylation sites is 1. The van der Waals surface area contributed by atoms with Gasteiger partial charge in [-0.05, 0) is 56.3 Å². The lowest BCUT2D eigenvalue weighted by molar-refractivity contribution is 0.0992. The summed E-state index contributed by atoms with van der Waals surface area (Å²) < 4.78 is 9.48. The number of primary amides is 1. The molecule has 0 unspecified atom stereocenters. The molecule has 0 aliphatic carbocycles. The molecule has 2 N–H and O–H groups in total. The highest BCUT2D eigenvalue weighted by atomic mass is 35.5. The molecular formula is C30H25ClN6O3. The van der Waals surface area contributed by atoms with Crippen molar-refractivity contribution in [3.63, 3.8) is 0 Å². The number of amides is 1. The quantitative estimate of drug-likeness (QED) is 0.312. The topological polar surface area (TPSA) is 129 Å². The lowest BCUT2D eigenvalue weighted by Gasteiger charge is -2.16. The Morgan fingerprint density at radius 2 is 1.88 bits per heavy atom. The molecule has 200 valence electrons. The molecule has 40 heavy (non-hydrogen) atoms. The molecule has 5 rings (SSSR count). The van der Waals surface area contributed by atoms with Gasteiger partial charge in [0.2, 0.25) is 0 Å². The predicted octanol–water partition coefficient (Wildman–Crippen LogP) is 4.67. The summed E-state index contributed by atoms with van der Waals surface area (Å²) >= 11 is 6.64. The van der Waals surface area contributed by atoms with E-state index in [-0.39, 0.29) is 18.7 Å². The number of carbonyl (C=O) groups excluding carboxylic acids is 1. The Labute approximate surface area is 235 Å². The Morgan fingerprint density at radius 1 is 1.10 bits per heavy atom. The highest BCUT2D eigenvalue weighted by molar-refractivity contribution is 6.31. The molecule has 0 spiro atoms. The predicted molar refractivity (Wildman–Crippen MR) is 152 cm³/mol. The fourth-order valence-corrected chi connectivity index (χ4v) is 5.09. The molecule has 0 bridgehead atoms. The summed E-state index contributed by atoms with van der Waals surface area (Å²) in [5.74, 6) is 0.0341. The van der Waals surface area contributed by atoms with Crippen molar-refractivity contribution < 1.29 is 9.53 Å². The lowest BCUT2D eigenvalue weighted by atomic mass is 10.0. The van der Waals surface area contributed by atoms with Gasteiger partial charge in [-0.3, -0.25) is 14.6 Å². The summed E-state index contributed by atoms with van der Waals surface area (Å²) in [6, 6.07) is 17.9. The van der Waals surface area contributed by atoms with E-state index in [2.05, 4.69) is 4.98 Å². The second kappa shape index (κ2) is 10.7. The molecule has 0 fully saturated rings. The van der Waals surface area contributed by atoms with Crippen LogP contribution in [-0.4, -0.2) is 25.0 Å². The molecule has 0 saturated carbocycles. The normalized spacial score (nSPS) is 11.0. The highest BCUT2D eigenvalue weighted by Gasteiger charge is 2.18. The summed E-state index contributed by atoms with van der Waals surface area (Å²) in [5.41, 5.74) is 10.6. The molecule has 10 heteroatoms. The summed E-state index contributed by atoms with van der Waals surface area (Å²) in [4.78, 5) is 33.9. The third kappa shape index (κ3) is 4.93. The molecule has 4 heterocycles. The summed E-state index contributed by atoms with van der Waals surface area (Å²) in [6.45, 7) is 3.92. The maximum atomic E-state index is 12.7. The first-order valence-electron chi connectivity index (χ1n) is 12.4. The molecule has 0 atom stereocenters.